The molecule has 0 bridgehead atoms. The second kappa shape index (κ2) is 7.28. The van der Waals surface area contributed by atoms with Crippen LogP contribution >= 0.6 is 0 Å². The van der Waals surface area contributed by atoms with Gasteiger partial charge in [-0.15, -0.1) is 0 Å². The molecule has 1 heterocycles. The molecule has 0 N–H and O–H groups in total. The second-order valence-electron chi connectivity index (χ2n) is 5.46. The number of rotatable bonds is 6. The Kier molecular flexibility index (Phi) is 4.88. The highest BCUT2D eigenvalue weighted by molar-refractivity contribution is 5.96. The van der Waals surface area contributed by atoms with Crippen LogP contribution in [0.5, 0.6) is 5.75 Å². The molecule has 0 aliphatic carbocycles. The summed E-state index contributed by atoms with van der Waals surface area (Å²) >= 11 is 0. The van der Waals surface area contributed by atoms with Crippen LogP contribution in [0.15, 0.2) is 53.6 Å². The molecule has 10 heteroatoms. The van der Waals surface area contributed by atoms with Gasteiger partial charge in [-0.2, -0.15) is 8.78 Å². The average Bonchev–Trinajstić information content (AvgIpc) is 2.63. The van der Waals surface area contributed by atoms with E-state index < -0.39 is 22.9 Å². The molecule has 0 saturated carbocycles. The fourth-order valence-corrected chi connectivity index (χ4v) is 2.44. The van der Waals surface area contributed by atoms with Crippen LogP contribution in [0.2, 0.25) is 0 Å². The lowest BCUT2D eigenvalue weighted by atomic mass is 10.1. The Morgan fingerprint density at radius 1 is 1.22 bits per heavy atom. The summed E-state index contributed by atoms with van der Waals surface area (Å²) in [5, 5.41) is 10.9. The van der Waals surface area contributed by atoms with E-state index in [0.29, 0.717) is 0 Å². The Hall–Kier alpha value is -3.69. The monoisotopic (exact) mass is 375 g/mol. The largest absolute Gasteiger partial charge is 0.435 e. The number of hydrogen-bond donors (Lipinski definition) is 0. The van der Waals surface area contributed by atoms with E-state index in [1.54, 1.807) is 0 Å². The maximum Gasteiger partial charge on any atom is 0.387 e. The molecule has 0 aliphatic heterocycles. The van der Waals surface area contributed by atoms with Gasteiger partial charge >= 0.3 is 6.61 Å². The first kappa shape index (κ1) is 18.1. The van der Waals surface area contributed by atoms with E-state index in [1.807, 2.05) is 0 Å². The number of non-ortho nitro benzene ring substituents is 1. The minimum absolute atomic E-state index is 0.0141. The number of ketones is 1. The standard InChI is InChI=1S/C17H11F2N3O5/c18-17(19)27-12-4-1-10(2-5-12)15(23)8-21-9-20-14-6-3-11(22(25)26)7-13(14)16(21)24/h1-7,9,17H,8H2. The number of carbonyl (C=O) groups excluding carboxylic acids is 1. The highest BCUT2D eigenvalue weighted by Crippen LogP contribution is 2.17. The first-order chi connectivity index (χ1) is 12.8. The van der Waals surface area contributed by atoms with Gasteiger partial charge in [0.2, 0.25) is 0 Å². The van der Waals surface area contributed by atoms with Crippen molar-refractivity contribution in [2.24, 2.45) is 0 Å². The summed E-state index contributed by atoms with van der Waals surface area (Å²) in [5.41, 5.74) is -0.416. The molecule has 1 aromatic heterocycles. The number of hydrogen-bond acceptors (Lipinski definition) is 6. The van der Waals surface area contributed by atoms with Crippen molar-refractivity contribution in [1.82, 2.24) is 9.55 Å². The summed E-state index contributed by atoms with van der Waals surface area (Å²) < 4.78 is 29.5. The van der Waals surface area contributed by atoms with Gasteiger partial charge < -0.3 is 4.74 Å². The number of alkyl halides is 2. The van der Waals surface area contributed by atoms with E-state index in [2.05, 4.69) is 9.72 Å². The fourth-order valence-electron chi connectivity index (χ4n) is 2.44. The van der Waals surface area contributed by atoms with Crippen molar-refractivity contribution in [2.45, 2.75) is 13.2 Å². The van der Waals surface area contributed by atoms with Crippen LogP contribution in [0.1, 0.15) is 10.4 Å². The molecular weight excluding hydrogens is 364 g/mol. The molecule has 138 valence electrons. The zero-order valence-electron chi connectivity index (χ0n) is 13.5. The molecule has 2 aromatic carbocycles. The van der Waals surface area contributed by atoms with Crippen LogP contribution in [-0.2, 0) is 6.54 Å². The predicted octanol–water partition coefficient (Wildman–Crippen LogP) is 2.79. The van der Waals surface area contributed by atoms with E-state index >= 15 is 0 Å². The van der Waals surface area contributed by atoms with Crippen molar-refractivity contribution in [3.05, 3.63) is 74.8 Å². The molecular formula is C17H11F2N3O5. The lowest BCUT2D eigenvalue weighted by molar-refractivity contribution is -0.384. The third-order valence-corrected chi connectivity index (χ3v) is 3.73. The highest BCUT2D eigenvalue weighted by Gasteiger charge is 2.14. The summed E-state index contributed by atoms with van der Waals surface area (Å²) in [6, 6.07) is 8.70. The Balaban J connectivity index is 1.87. The van der Waals surface area contributed by atoms with Crippen LogP contribution in [0, 0.1) is 10.1 Å². The molecule has 0 spiro atoms. The molecule has 3 aromatic rings. The molecule has 0 aliphatic rings. The minimum Gasteiger partial charge on any atom is -0.435 e. The zero-order chi connectivity index (χ0) is 19.6. The Bertz CT molecular complexity index is 1080. The van der Waals surface area contributed by atoms with E-state index in [0.717, 1.165) is 10.6 Å². The van der Waals surface area contributed by atoms with Crippen molar-refractivity contribution in [1.29, 1.82) is 0 Å². The van der Waals surface area contributed by atoms with Gasteiger partial charge in [-0.05, 0) is 30.3 Å². The summed E-state index contributed by atoms with van der Waals surface area (Å²) in [6.07, 6.45) is 1.17. The van der Waals surface area contributed by atoms with E-state index in [-0.39, 0.29) is 34.4 Å². The molecule has 3 rings (SSSR count). The van der Waals surface area contributed by atoms with Gasteiger partial charge in [-0.25, -0.2) is 4.98 Å². The number of ether oxygens (including phenoxy) is 1. The third-order valence-electron chi connectivity index (χ3n) is 3.73. The molecule has 27 heavy (non-hydrogen) atoms. The molecule has 0 unspecified atom stereocenters. The smallest absolute Gasteiger partial charge is 0.387 e. The van der Waals surface area contributed by atoms with Crippen molar-refractivity contribution < 1.29 is 23.2 Å². The topological polar surface area (TPSA) is 104 Å². The highest BCUT2D eigenvalue weighted by atomic mass is 19.3. The van der Waals surface area contributed by atoms with Crippen molar-refractivity contribution >= 4 is 22.4 Å². The number of carbonyl (C=O) groups is 1. The van der Waals surface area contributed by atoms with Gasteiger partial charge in [-0.3, -0.25) is 24.3 Å². The first-order valence-corrected chi connectivity index (χ1v) is 7.57. The Morgan fingerprint density at radius 2 is 1.93 bits per heavy atom. The number of Topliss-reactive ketones (excluding diaryl/α,β-unsaturated/α-hetero) is 1. The van der Waals surface area contributed by atoms with Crippen LogP contribution in [-0.4, -0.2) is 26.9 Å². The van der Waals surface area contributed by atoms with Crippen LogP contribution in [0.25, 0.3) is 10.9 Å². The Labute approximate surface area is 149 Å². The van der Waals surface area contributed by atoms with Crippen LogP contribution in [0.4, 0.5) is 14.5 Å². The van der Waals surface area contributed by atoms with Gasteiger partial charge in [0.25, 0.3) is 11.2 Å². The first-order valence-electron chi connectivity index (χ1n) is 7.57. The molecule has 0 radical (unpaired) electrons. The molecule has 0 saturated heterocycles. The third kappa shape index (κ3) is 3.94. The maximum absolute atomic E-state index is 12.5. The number of nitrogens with zero attached hydrogens (tertiary/aromatic N) is 3. The average molecular weight is 375 g/mol. The second-order valence-corrected chi connectivity index (χ2v) is 5.46. The van der Waals surface area contributed by atoms with E-state index in [1.165, 1.54) is 42.7 Å². The molecule has 0 fully saturated rings. The maximum atomic E-state index is 12.5. The molecule has 0 atom stereocenters. The zero-order valence-corrected chi connectivity index (χ0v) is 13.5. The number of fused-ring (bicyclic) bond motifs is 1. The minimum atomic E-state index is -2.97. The summed E-state index contributed by atoms with van der Waals surface area (Å²) in [5.74, 6) is -0.564. The van der Waals surface area contributed by atoms with Gasteiger partial charge in [0.15, 0.2) is 5.78 Å². The van der Waals surface area contributed by atoms with Crippen LogP contribution < -0.4 is 10.3 Å². The fraction of sp³-hybridized carbons (Fsp3) is 0.118. The van der Waals surface area contributed by atoms with E-state index in [9.17, 15) is 28.5 Å². The lowest BCUT2D eigenvalue weighted by Gasteiger charge is -2.07. The SMILES string of the molecule is O=C(Cn1cnc2ccc([N+](=O)[O-])cc2c1=O)c1ccc(OC(F)F)cc1. The van der Waals surface area contributed by atoms with Crippen molar-refractivity contribution in [2.75, 3.05) is 0 Å². The number of benzene rings is 2. The van der Waals surface area contributed by atoms with Gasteiger partial charge in [-0.1, -0.05) is 0 Å². The number of halogens is 2. The van der Waals surface area contributed by atoms with Crippen LogP contribution in [0.3, 0.4) is 0 Å². The number of aromatic nitrogens is 2. The van der Waals surface area contributed by atoms with Gasteiger partial charge in [0, 0.05) is 17.7 Å². The predicted molar refractivity (Wildman–Crippen MR) is 90.1 cm³/mol. The quantitative estimate of drug-likeness (QED) is 0.373. The lowest BCUT2D eigenvalue weighted by Crippen LogP contribution is -2.24. The molecule has 0 amide bonds. The molecule has 8 nitrogen and oxygen atoms in total. The number of nitro benzene ring substituents is 1. The van der Waals surface area contributed by atoms with Crippen molar-refractivity contribution in [3.8, 4) is 5.75 Å². The normalized spacial score (nSPS) is 10.9. The Morgan fingerprint density at radius 3 is 2.56 bits per heavy atom. The number of nitro groups is 1. The van der Waals surface area contributed by atoms with Crippen molar-refractivity contribution in [3.63, 3.8) is 0 Å². The van der Waals surface area contributed by atoms with Gasteiger partial charge in [0.1, 0.15) is 5.75 Å². The van der Waals surface area contributed by atoms with Gasteiger partial charge in [0.05, 0.1) is 28.7 Å². The summed E-state index contributed by atoms with van der Waals surface area (Å²) in [4.78, 5) is 39.1. The summed E-state index contributed by atoms with van der Waals surface area (Å²) in [7, 11) is 0. The summed E-state index contributed by atoms with van der Waals surface area (Å²) in [6.45, 7) is -3.34. The van der Waals surface area contributed by atoms with E-state index in [4.69, 9.17) is 0 Å².